The lowest BCUT2D eigenvalue weighted by molar-refractivity contribution is 0.132. The van der Waals surface area contributed by atoms with Crippen molar-refractivity contribution in [2.24, 2.45) is 0 Å². The van der Waals surface area contributed by atoms with Crippen molar-refractivity contribution in [2.45, 2.75) is 33.0 Å². The first-order valence-electron chi connectivity index (χ1n) is 5.64. The van der Waals surface area contributed by atoms with Crippen LogP contribution in [0.2, 0.25) is 0 Å². The monoisotopic (exact) mass is 302 g/mol. The van der Waals surface area contributed by atoms with Crippen molar-refractivity contribution in [2.75, 3.05) is 13.7 Å². The number of hydrogen-bond acceptors (Lipinski definition) is 3. The largest absolute Gasteiger partial charge is 0.490 e. The van der Waals surface area contributed by atoms with Gasteiger partial charge in [0.1, 0.15) is 5.75 Å². The van der Waals surface area contributed by atoms with Crippen molar-refractivity contribution in [1.29, 1.82) is 0 Å². The van der Waals surface area contributed by atoms with Crippen LogP contribution in [0.4, 0.5) is 0 Å². The molecule has 1 atom stereocenters. The molecule has 3 nitrogen and oxygen atoms in total. The molecule has 96 valence electrons. The predicted molar refractivity (Wildman–Crippen MR) is 71.4 cm³/mol. The molecule has 0 fully saturated rings. The van der Waals surface area contributed by atoms with E-state index in [4.69, 9.17) is 9.47 Å². The van der Waals surface area contributed by atoms with Gasteiger partial charge in [-0.1, -0.05) is 15.9 Å². The number of hydrogen-bond donors (Lipinski definition) is 1. The number of ether oxygens (including phenoxy) is 2. The number of methoxy groups -OCH3 is 1. The van der Waals surface area contributed by atoms with Gasteiger partial charge >= 0.3 is 0 Å². The minimum Gasteiger partial charge on any atom is -0.490 e. The van der Waals surface area contributed by atoms with Crippen LogP contribution < -0.4 is 4.74 Å². The molecule has 0 radical (unpaired) electrons. The summed E-state index contributed by atoms with van der Waals surface area (Å²) in [5.41, 5.74) is 1.83. The van der Waals surface area contributed by atoms with Crippen LogP contribution in [0.1, 0.15) is 24.5 Å². The van der Waals surface area contributed by atoms with E-state index in [0.29, 0.717) is 6.61 Å². The Balaban J connectivity index is 2.82. The minimum atomic E-state index is -0.0212. The van der Waals surface area contributed by atoms with Crippen LogP contribution in [0, 0.1) is 6.92 Å². The van der Waals surface area contributed by atoms with Gasteiger partial charge in [0, 0.05) is 30.2 Å². The van der Waals surface area contributed by atoms with Crippen molar-refractivity contribution in [3.05, 3.63) is 27.7 Å². The summed E-state index contributed by atoms with van der Waals surface area (Å²) < 4.78 is 11.8. The fraction of sp³-hybridized carbons (Fsp3) is 0.538. The Bertz CT molecular complexity index is 366. The summed E-state index contributed by atoms with van der Waals surface area (Å²) >= 11 is 3.41. The van der Waals surface area contributed by atoms with E-state index in [9.17, 15) is 5.11 Å². The molecule has 17 heavy (non-hydrogen) atoms. The zero-order chi connectivity index (χ0) is 12.8. The predicted octanol–water partition coefficient (Wildman–Crippen LogP) is 3.05. The highest BCUT2D eigenvalue weighted by atomic mass is 79.9. The number of benzene rings is 1. The topological polar surface area (TPSA) is 38.7 Å². The molecule has 0 aliphatic carbocycles. The fourth-order valence-corrected chi connectivity index (χ4v) is 2.25. The van der Waals surface area contributed by atoms with Gasteiger partial charge in [-0.2, -0.15) is 0 Å². The summed E-state index contributed by atoms with van der Waals surface area (Å²) in [6.45, 7) is 4.63. The number of rotatable bonds is 6. The highest BCUT2D eigenvalue weighted by Crippen LogP contribution is 2.29. The SMILES string of the molecule is COCCC(C)Oc1c(C)cc(Br)cc1CO. The van der Waals surface area contributed by atoms with Crippen molar-refractivity contribution in [3.63, 3.8) is 0 Å². The summed E-state index contributed by atoms with van der Waals surface area (Å²) in [5, 5.41) is 9.33. The zero-order valence-electron chi connectivity index (χ0n) is 10.5. The van der Waals surface area contributed by atoms with E-state index in [1.165, 1.54) is 0 Å². The number of aliphatic hydroxyl groups excluding tert-OH is 1. The number of aliphatic hydroxyl groups is 1. The second-order valence-corrected chi connectivity index (χ2v) is 4.99. The Kier molecular flexibility index (Phi) is 5.95. The molecular weight excluding hydrogens is 284 g/mol. The molecule has 0 heterocycles. The molecule has 0 amide bonds. The first-order chi connectivity index (χ1) is 8.08. The zero-order valence-corrected chi connectivity index (χ0v) is 12.1. The minimum absolute atomic E-state index is 0.0212. The quantitative estimate of drug-likeness (QED) is 0.878. The summed E-state index contributed by atoms with van der Waals surface area (Å²) in [5.74, 6) is 0.777. The maximum Gasteiger partial charge on any atom is 0.128 e. The van der Waals surface area contributed by atoms with Gasteiger partial charge in [0.2, 0.25) is 0 Å². The van der Waals surface area contributed by atoms with Gasteiger partial charge in [-0.15, -0.1) is 0 Å². The van der Waals surface area contributed by atoms with Crippen LogP contribution >= 0.6 is 15.9 Å². The molecule has 0 spiro atoms. The fourth-order valence-electron chi connectivity index (χ4n) is 1.63. The lowest BCUT2D eigenvalue weighted by Gasteiger charge is -2.19. The van der Waals surface area contributed by atoms with Crippen LogP contribution in [0.5, 0.6) is 5.75 Å². The number of aryl methyl sites for hydroxylation is 1. The standard InChI is InChI=1S/C13H19BrO3/c1-9-6-12(14)7-11(8-15)13(9)17-10(2)4-5-16-3/h6-7,10,15H,4-5,8H2,1-3H3. The van der Waals surface area contributed by atoms with E-state index < -0.39 is 0 Å². The highest BCUT2D eigenvalue weighted by molar-refractivity contribution is 9.10. The van der Waals surface area contributed by atoms with Crippen LogP contribution in [0.3, 0.4) is 0 Å². The molecule has 0 saturated carbocycles. The van der Waals surface area contributed by atoms with Crippen LogP contribution in [-0.4, -0.2) is 24.9 Å². The average molecular weight is 303 g/mol. The van der Waals surface area contributed by atoms with E-state index in [1.54, 1.807) is 7.11 Å². The third-order valence-corrected chi connectivity index (χ3v) is 2.99. The van der Waals surface area contributed by atoms with Gasteiger partial charge in [-0.3, -0.25) is 0 Å². The van der Waals surface area contributed by atoms with E-state index in [2.05, 4.69) is 15.9 Å². The molecule has 0 bridgehead atoms. The summed E-state index contributed by atoms with van der Waals surface area (Å²) in [7, 11) is 1.68. The van der Waals surface area contributed by atoms with Gasteiger partial charge in [-0.25, -0.2) is 0 Å². The molecule has 4 heteroatoms. The van der Waals surface area contributed by atoms with Gasteiger partial charge in [0.05, 0.1) is 12.7 Å². The molecule has 0 aliphatic rings. The van der Waals surface area contributed by atoms with Gasteiger partial charge in [-0.05, 0) is 31.5 Å². The molecule has 0 saturated heterocycles. The van der Waals surface area contributed by atoms with Gasteiger partial charge in [0.25, 0.3) is 0 Å². The Labute approximate surface area is 111 Å². The second kappa shape index (κ2) is 6.99. The maximum atomic E-state index is 9.33. The van der Waals surface area contributed by atoms with Crippen molar-refractivity contribution in [3.8, 4) is 5.75 Å². The molecule has 1 N–H and O–H groups in total. The van der Waals surface area contributed by atoms with E-state index in [-0.39, 0.29) is 12.7 Å². The third-order valence-electron chi connectivity index (χ3n) is 2.53. The van der Waals surface area contributed by atoms with Gasteiger partial charge in [0.15, 0.2) is 0 Å². The summed E-state index contributed by atoms with van der Waals surface area (Å²) in [6.07, 6.45) is 0.900. The second-order valence-electron chi connectivity index (χ2n) is 4.08. The summed E-state index contributed by atoms with van der Waals surface area (Å²) in [6, 6.07) is 3.86. The molecule has 1 rings (SSSR count). The molecule has 0 aliphatic heterocycles. The Hall–Kier alpha value is -0.580. The Morgan fingerprint density at radius 3 is 2.71 bits per heavy atom. The van der Waals surface area contributed by atoms with Crippen LogP contribution in [0.25, 0.3) is 0 Å². The lowest BCUT2D eigenvalue weighted by atomic mass is 10.1. The van der Waals surface area contributed by atoms with Crippen molar-refractivity contribution >= 4 is 15.9 Å². The first-order valence-corrected chi connectivity index (χ1v) is 6.43. The highest BCUT2D eigenvalue weighted by Gasteiger charge is 2.12. The average Bonchev–Trinajstić information content (AvgIpc) is 2.29. The van der Waals surface area contributed by atoms with Crippen molar-refractivity contribution in [1.82, 2.24) is 0 Å². The Morgan fingerprint density at radius 2 is 2.12 bits per heavy atom. The Morgan fingerprint density at radius 1 is 1.41 bits per heavy atom. The van der Waals surface area contributed by atoms with Gasteiger partial charge < -0.3 is 14.6 Å². The van der Waals surface area contributed by atoms with Crippen molar-refractivity contribution < 1.29 is 14.6 Å². The third kappa shape index (κ3) is 4.30. The molecule has 1 unspecified atom stereocenters. The molecular formula is C13H19BrO3. The van der Waals surface area contributed by atoms with Crippen LogP contribution in [0.15, 0.2) is 16.6 Å². The molecule has 0 aromatic heterocycles. The van der Waals surface area contributed by atoms with Crippen LogP contribution in [-0.2, 0) is 11.3 Å². The molecule has 1 aromatic carbocycles. The smallest absolute Gasteiger partial charge is 0.128 e. The van der Waals surface area contributed by atoms with E-state index in [1.807, 2.05) is 26.0 Å². The summed E-state index contributed by atoms with van der Waals surface area (Å²) in [4.78, 5) is 0. The maximum absolute atomic E-state index is 9.33. The normalized spacial score (nSPS) is 12.5. The lowest BCUT2D eigenvalue weighted by Crippen LogP contribution is -2.16. The van der Waals surface area contributed by atoms with E-state index >= 15 is 0 Å². The van der Waals surface area contributed by atoms with E-state index in [0.717, 1.165) is 27.8 Å². The molecule has 1 aromatic rings. The first kappa shape index (κ1) is 14.5. The number of halogens is 1.